The first kappa shape index (κ1) is 23.2. The highest BCUT2D eigenvalue weighted by molar-refractivity contribution is 7.91. The van der Waals surface area contributed by atoms with Gasteiger partial charge >= 0.3 is 0 Å². The highest BCUT2D eigenvalue weighted by atomic mass is 32.2. The monoisotopic (exact) mass is 450 g/mol. The summed E-state index contributed by atoms with van der Waals surface area (Å²) in [5.74, 6) is -0.709. The van der Waals surface area contributed by atoms with Crippen molar-refractivity contribution in [2.75, 3.05) is 5.32 Å². The molecule has 3 aromatic rings. The predicted octanol–water partition coefficient (Wildman–Crippen LogP) is 4.41. The van der Waals surface area contributed by atoms with Crippen molar-refractivity contribution < 1.29 is 18.0 Å². The van der Waals surface area contributed by atoms with Crippen LogP contribution in [0.15, 0.2) is 76.5 Å². The molecule has 0 fully saturated rings. The second-order valence-electron chi connectivity index (χ2n) is 7.60. The minimum Gasteiger partial charge on any atom is -0.348 e. The average Bonchev–Trinajstić information content (AvgIpc) is 2.78. The molecular formula is C25H26N2O4S. The second-order valence-corrected chi connectivity index (χ2v) is 9.52. The second kappa shape index (κ2) is 9.78. The number of nitrogens with one attached hydrogen (secondary N) is 2. The number of rotatable bonds is 7. The minimum absolute atomic E-state index is 0.0572. The van der Waals surface area contributed by atoms with E-state index in [0.29, 0.717) is 6.54 Å². The van der Waals surface area contributed by atoms with Gasteiger partial charge in [-0.2, -0.15) is 0 Å². The number of amides is 2. The van der Waals surface area contributed by atoms with E-state index in [1.807, 2.05) is 38.1 Å². The Hall–Kier alpha value is -3.45. The molecule has 0 saturated carbocycles. The molecule has 0 bridgehead atoms. The van der Waals surface area contributed by atoms with Crippen LogP contribution in [-0.4, -0.2) is 20.2 Å². The van der Waals surface area contributed by atoms with E-state index in [2.05, 4.69) is 10.6 Å². The molecule has 3 rings (SSSR count). The fourth-order valence-electron chi connectivity index (χ4n) is 3.08. The summed E-state index contributed by atoms with van der Waals surface area (Å²) < 4.78 is 26.4. The minimum atomic E-state index is -3.89. The van der Waals surface area contributed by atoms with Crippen LogP contribution in [0.25, 0.3) is 0 Å². The highest BCUT2D eigenvalue weighted by Gasteiger charge is 2.23. The average molecular weight is 451 g/mol. The molecule has 166 valence electrons. The molecule has 0 aliphatic carbocycles. The Morgan fingerprint density at radius 2 is 1.44 bits per heavy atom. The molecule has 0 heterocycles. The number of anilines is 1. The summed E-state index contributed by atoms with van der Waals surface area (Å²) in [6.07, 6.45) is 0.174. The Morgan fingerprint density at radius 1 is 0.844 bits per heavy atom. The van der Waals surface area contributed by atoms with E-state index in [1.165, 1.54) is 30.3 Å². The van der Waals surface area contributed by atoms with Gasteiger partial charge in [0, 0.05) is 18.5 Å². The smallest absolute Gasteiger partial charge is 0.251 e. The van der Waals surface area contributed by atoms with Gasteiger partial charge in [0.05, 0.1) is 15.5 Å². The first-order valence-electron chi connectivity index (χ1n) is 10.3. The number of carbonyl (C=O) groups is 2. The Kier molecular flexibility index (Phi) is 7.10. The summed E-state index contributed by atoms with van der Waals surface area (Å²) in [7, 11) is -3.89. The zero-order chi connectivity index (χ0) is 23.3. The Morgan fingerprint density at radius 3 is 2.03 bits per heavy atom. The van der Waals surface area contributed by atoms with Crippen LogP contribution in [0.1, 0.15) is 40.4 Å². The van der Waals surface area contributed by atoms with Gasteiger partial charge in [-0.15, -0.1) is 0 Å². The van der Waals surface area contributed by atoms with Crippen LogP contribution >= 0.6 is 0 Å². The van der Waals surface area contributed by atoms with E-state index in [-0.39, 0.29) is 39.3 Å². The van der Waals surface area contributed by atoms with Gasteiger partial charge in [0.15, 0.2) is 0 Å². The predicted molar refractivity (Wildman–Crippen MR) is 124 cm³/mol. The van der Waals surface area contributed by atoms with Crippen molar-refractivity contribution in [2.45, 2.75) is 43.5 Å². The van der Waals surface area contributed by atoms with Crippen LogP contribution in [0.3, 0.4) is 0 Å². The third-order valence-corrected chi connectivity index (χ3v) is 6.86. The third kappa shape index (κ3) is 5.42. The Bertz CT molecular complexity index is 1230. The van der Waals surface area contributed by atoms with Crippen molar-refractivity contribution >= 4 is 27.3 Å². The molecule has 6 nitrogen and oxygen atoms in total. The van der Waals surface area contributed by atoms with Crippen LogP contribution in [-0.2, 0) is 21.2 Å². The first-order valence-corrected chi connectivity index (χ1v) is 11.8. The van der Waals surface area contributed by atoms with Crippen LogP contribution in [0, 0.1) is 13.8 Å². The van der Waals surface area contributed by atoms with Crippen molar-refractivity contribution in [1.82, 2.24) is 5.32 Å². The summed E-state index contributed by atoms with van der Waals surface area (Å²) in [6.45, 7) is 5.86. The maximum absolute atomic E-state index is 13.2. The highest BCUT2D eigenvalue weighted by Crippen LogP contribution is 2.29. The third-order valence-electron chi connectivity index (χ3n) is 5.03. The number of hydrogen-bond donors (Lipinski definition) is 2. The molecule has 3 aromatic carbocycles. The normalized spacial score (nSPS) is 11.1. The molecule has 7 heteroatoms. The summed E-state index contributed by atoms with van der Waals surface area (Å²) in [4.78, 5) is 24.8. The summed E-state index contributed by atoms with van der Waals surface area (Å²) in [5.41, 5.74) is 3.35. The van der Waals surface area contributed by atoms with Gasteiger partial charge in [-0.1, -0.05) is 54.4 Å². The maximum Gasteiger partial charge on any atom is 0.251 e. The Balaban J connectivity index is 1.92. The van der Waals surface area contributed by atoms with Crippen LogP contribution in [0.4, 0.5) is 5.69 Å². The topological polar surface area (TPSA) is 92.3 Å². The largest absolute Gasteiger partial charge is 0.348 e. The first-order chi connectivity index (χ1) is 15.2. The van der Waals surface area contributed by atoms with Crippen molar-refractivity contribution in [3.63, 3.8) is 0 Å². The number of hydrogen-bond acceptors (Lipinski definition) is 4. The van der Waals surface area contributed by atoms with Crippen LogP contribution in [0.5, 0.6) is 0 Å². The van der Waals surface area contributed by atoms with Gasteiger partial charge in [-0.25, -0.2) is 8.42 Å². The molecule has 2 N–H and O–H groups in total. The number of carbonyl (C=O) groups excluding carboxylic acids is 2. The lowest BCUT2D eigenvalue weighted by Gasteiger charge is -2.14. The Labute approximate surface area is 188 Å². The molecule has 32 heavy (non-hydrogen) atoms. The maximum atomic E-state index is 13.2. The molecule has 0 aliphatic heterocycles. The molecule has 0 aromatic heterocycles. The lowest BCUT2D eigenvalue weighted by molar-refractivity contribution is -0.115. The molecule has 0 aliphatic rings. The van der Waals surface area contributed by atoms with E-state index in [4.69, 9.17) is 0 Å². The van der Waals surface area contributed by atoms with E-state index >= 15 is 0 Å². The number of aryl methyl sites for hydroxylation is 2. The zero-order valence-electron chi connectivity index (χ0n) is 18.3. The zero-order valence-corrected chi connectivity index (χ0v) is 19.1. The summed E-state index contributed by atoms with van der Waals surface area (Å²) >= 11 is 0. The fraction of sp³-hybridized carbons (Fsp3) is 0.200. The number of sulfone groups is 1. The molecule has 0 radical (unpaired) electrons. The SMILES string of the molecule is CCC(=O)Nc1cc(C(=O)NCc2ccc(C)cc2)ccc1S(=O)(=O)c1ccc(C)cc1. The fourth-order valence-corrected chi connectivity index (χ4v) is 4.47. The summed E-state index contributed by atoms with van der Waals surface area (Å²) in [6, 6.07) is 18.5. The van der Waals surface area contributed by atoms with E-state index in [1.54, 1.807) is 19.1 Å². The molecule has 2 amide bonds. The van der Waals surface area contributed by atoms with Crippen LogP contribution in [0.2, 0.25) is 0 Å². The van der Waals surface area contributed by atoms with E-state index < -0.39 is 9.84 Å². The van der Waals surface area contributed by atoms with Gasteiger partial charge in [0.2, 0.25) is 15.7 Å². The standard InChI is InChI=1S/C25H26N2O4S/c1-4-24(28)27-22-15-20(25(29)26-16-19-9-5-17(2)6-10-19)11-14-23(22)32(30,31)21-12-7-18(3)8-13-21/h5-15H,4,16H2,1-3H3,(H,26,29)(H,27,28). The molecule has 0 atom stereocenters. The van der Waals surface area contributed by atoms with Gasteiger partial charge in [0.1, 0.15) is 0 Å². The van der Waals surface area contributed by atoms with Crippen molar-refractivity contribution in [1.29, 1.82) is 0 Å². The molecule has 0 unspecified atom stereocenters. The molecule has 0 saturated heterocycles. The summed E-state index contributed by atoms with van der Waals surface area (Å²) in [5, 5.41) is 5.45. The van der Waals surface area contributed by atoms with E-state index in [9.17, 15) is 18.0 Å². The van der Waals surface area contributed by atoms with Gasteiger partial charge < -0.3 is 10.6 Å². The van der Waals surface area contributed by atoms with Gasteiger partial charge in [-0.3, -0.25) is 9.59 Å². The van der Waals surface area contributed by atoms with Gasteiger partial charge in [-0.05, 0) is 49.7 Å². The van der Waals surface area contributed by atoms with Crippen molar-refractivity contribution in [2.24, 2.45) is 0 Å². The lowest BCUT2D eigenvalue weighted by Crippen LogP contribution is -2.23. The number of benzene rings is 3. The molecule has 0 spiro atoms. The van der Waals surface area contributed by atoms with Crippen molar-refractivity contribution in [3.05, 3.63) is 89.0 Å². The molecular weight excluding hydrogens is 424 g/mol. The van der Waals surface area contributed by atoms with Crippen molar-refractivity contribution in [3.8, 4) is 0 Å². The van der Waals surface area contributed by atoms with Crippen LogP contribution < -0.4 is 10.6 Å². The lowest BCUT2D eigenvalue weighted by atomic mass is 10.1. The van der Waals surface area contributed by atoms with E-state index in [0.717, 1.165) is 16.7 Å². The van der Waals surface area contributed by atoms with Gasteiger partial charge in [0.25, 0.3) is 5.91 Å². The quantitative estimate of drug-likeness (QED) is 0.558.